The van der Waals surface area contributed by atoms with Gasteiger partial charge < -0.3 is 0 Å². The quantitative estimate of drug-likeness (QED) is 0.142. The Hall–Kier alpha value is -7.22. The van der Waals surface area contributed by atoms with Crippen LogP contribution >= 0.6 is 0 Å². The molecule has 0 aromatic heterocycles. The van der Waals surface area contributed by atoms with Crippen molar-refractivity contribution in [2.75, 3.05) is 31.2 Å². The number of para-hydroxylation sites is 2. The minimum Gasteiger partial charge on any atom is -0.288 e. The monoisotopic (exact) mass is 1120 g/mol. The molecule has 0 bridgehead atoms. The number of nitrogens with zero attached hydrogens (tertiary/aromatic N) is 11. The van der Waals surface area contributed by atoms with E-state index < -0.39 is 0 Å². The lowest BCUT2D eigenvalue weighted by Crippen LogP contribution is -2.32. The van der Waals surface area contributed by atoms with Crippen LogP contribution in [0.1, 0.15) is 179 Å². The number of unbranched alkanes of at least 4 members (excludes halogenated alkanes) is 10. The highest BCUT2D eigenvalue weighted by Gasteiger charge is 2.26. The van der Waals surface area contributed by atoms with E-state index in [4.69, 9.17) is 0 Å². The lowest BCUT2D eigenvalue weighted by molar-refractivity contribution is 0.434. The average Bonchev–Trinajstić information content (AvgIpc) is 4.48. The van der Waals surface area contributed by atoms with Crippen LogP contribution in [-0.2, 0) is 0 Å². The van der Waals surface area contributed by atoms with Gasteiger partial charge in [-0.1, -0.05) is 187 Å². The highest BCUT2D eigenvalue weighted by Crippen LogP contribution is 2.30. The van der Waals surface area contributed by atoms with Crippen LogP contribution in [0, 0.1) is 23.7 Å². The van der Waals surface area contributed by atoms with E-state index >= 15 is 0 Å². The predicted molar refractivity (Wildman–Crippen MR) is 357 cm³/mol. The van der Waals surface area contributed by atoms with Crippen LogP contribution in [0.5, 0.6) is 0 Å². The average molecular weight is 1120 g/mol. The number of nitrogens with one attached hydrogen (secondary N) is 3. The molecule has 448 valence electrons. The Bertz CT molecular complexity index is 2650. The highest BCUT2D eigenvalue weighted by molar-refractivity contribution is 5.90. The minimum absolute atomic E-state index is 0.426. The van der Waals surface area contributed by atoms with Crippen LogP contribution < -0.4 is 26.3 Å². The summed E-state index contributed by atoms with van der Waals surface area (Å²) in [5.41, 5.74) is 26.3. The van der Waals surface area contributed by atoms with Gasteiger partial charge in [0.2, 0.25) is 0 Å². The van der Waals surface area contributed by atoms with Crippen LogP contribution in [0.4, 0.5) is 11.4 Å². The summed E-state index contributed by atoms with van der Waals surface area (Å²) in [5, 5.41) is 34.9. The van der Waals surface area contributed by atoms with Gasteiger partial charge in [-0.2, -0.15) is 30.6 Å². The van der Waals surface area contributed by atoms with E-state index in [0.29, 0.717) is 23.7 Å². The van der Waals surface area contributed by atoms with Gasteiger partial charge in [0.1, 0.15) is 0 Å². The normalized spacial score (nSPS) is 20.3. The first kappa shape index (κ1) is 69.1. The molecule has 3 N–H and O–H groups in total. The maximum Gasteiger partial charge on any atom is 0.0648 e. The molecule has 14 nitrogen and oxygen atoms in total. The number of benzene rings is 2. The van der Waals surface area contributed by atoms with Crippen LogP contribution in [0.15, 0.2) is 189 Å². The number of hydrazone groups is 6. The first-order valence-corrected chi connectivity index (χ1v) is 30.0. The zero-order valence-corrected chi connectivity index (χ0v) is 53.3. The number of anilines is 2. The lowest BCUT2D eigenvalue weighted by atomic mass is 9.95. The largest absolute Gasteiger partial charge is 0.288 e. The molecule has 82 heavy (non-hydrogen) atoms. The molecule has 7 aliphatic heterocycles. The highest BCUT2D eigenvalue weighted by atomic mass is 15.6. The molecule has 7 aliphatic rings. The Labute approximate surface area is 497 Å². The Morgan fingerprint density at radius 1 is 0.488 bits per heavy atom. The van der Waals surface area contributed by atoms with E-state index in [9.17, 15) is 0 Å². The van der Waals surface area contributed by atoms with Crippen LogP contribution in [-0.4, -0.2) is 70.4 Å². The third-order valence-electron chi connectivity index (χ3n) is 15.4. The molecule has 4 unspecified atom stereocenters. The second-order valence-corrected chi connectivity index (χ2v) is 22.4. The van der Waals surface area contributed by atoms with Gasteiger partial charge >= 0.3 is 0 Å². The topological polar surface area (TPSA) is 126 Å². The Morgan fingerprint density at radius 2 is 0.988 bits per heavy atom. The molecule has 4 atom stereocenters. The molecule has 9 rings (SSSR count). The molecule has 0 amide bonds. The van der Waals surface area contributed by atoms with E-state index in [1.807, 2.05) is 112 Å². The summed E-state index contributed by atoms with van der Waals surface area (Å²) < 4.78 is 0. The summed E-state index contributed by atoms with van der Waals surface area (Å²) in [7, 11) is 5.96. The van der Waals surface area contributed by atoms with Crippen LogP contribution in [0.2, 0.25) is 0 Å². The van der Waals surface area contributed by atoms with Crippen molar-refractivity contribution in [1.29, 1.82) is 0 Å². The fraction of sp³-hybridized carbons (Fsp3) is 0.500. The summed E-state index contributed by atoms with van der Waals surface area (Å²) in [6, 6.07) is 20.3. The van der Waals surface area contributed by atoms with Crippen molar-refractivity contribution in [2.24, 2.45) is 54.3 Å². The standard InChI is InChI=1S/C14H26N2.C13H24N2.C12H14N2.C11H12N2.C7H12N2.C6H10N2.C5H8N2/c1-5-6-7-8-9-10-11-14-12(2)15-16(4)13(14)3;1-4-5-6-7-8-9-10-13-11(2)14-15-12(13)3;1-10-9-11(2)14(13(10)3)12-7-5-4-6-8-12;1-9-8-10(2)13(12-9)11-6-4-3-5-7-11;1-5-6(2)8-9(4)7(5)3;1-4-5(2)7-8-6(4)3;1-4-3-5(2)7-6-4/h14H,3,5-11H2,1-2,4H3;13-14H,2,4-10H2,1,3H3;4-9H,2H2,1,3H3;3-7H,2,8H2,1H3;5H,3H2,1-2,4H3;4,7H,2H2,1,3H3;6H,1,3H2,2H3. The third kappa shape index (κ3) is 23.0. The molecule has 0 aliphatic carbocycles. The Morgan fingerprint density at radius 3 is 1.33 bits per heavy atom. The Balaban J connectivity index is 0.000000255. The van der Waals surface area contributed by atoms with Crippen LogP contribution in [0.25, 0.3) is 0 Å². The van der Waals surface area contributed by atoms with Crippen molar-refractivity contribution >= 4 is 45.6 Å². The molecule has 2 aromatic rings. The molecular formula is C68H106N14. The van der Waals surface area contributed by atoms with Crippen molar-refractivity contribution in [3.63, 3.8) is 0 Å². The number of allylic oxidation sites excluding steroid dienone is 8. The minimum atomic E-state index is 0.426. The lowest BCUT2D eigenvalue weighted by Gasteiger charge is -2.30. The smallest absolute Gasteiger partial charge is 0.0648 e. The number of hydrogen-bond donors (Lipinski definition) is 3. The fourth-order valence-corrected chi connectivity index (χ4v) is 9.61. The maximum absolute atomic E-state index is 4.43. The van der Waals surface area contributed by atoms with Gasteiger partial charge in [0.25, 0.3) is 0 Å². The molecule has 0 saturated heterocycles. The van der Waals surface area contributed by atoms with Gasteiger partial charge in [0.05, 0.1) is 17.1 Å². The second kappa shape index (κ2) is 36.3. The van der Waals surface area contributed by atoms with E-state index in [1.54, 1.807) is 0 Å². The number of hydrogen-bond acceptors (Lipinski definition) is 14. The summed E-state index contributed by atoms with van der Waals surface area (Å²) in [6.07, 6.45) is 22.7. The molecule has 0 spiro atoms. The van der Waals surface area contributed by atoms with Gasteiger partial charge in [-0.25, -0.2) is 5.01 Å². The summed E-state index contributed by atoms with van der Waals surface area (Å²) >= 11 is 0. The van der Waals surface area contributed by atoms with Gasteiger partial charge in [-0.15, -0.1) is 0 Å². The van der Waals surface area contributed by atoms with E-state index in [0.717, 1.165) is 81.2 Å². The fourth-order valence-electron chi connectivity index (χ4n) is 9.61. The van der Waals surface area contributed by atoms with Crippen molar-refractivity contribution in [3.8, 4) is 0 Å². The van der Waals surface area contributed by atoms with Gasteiger partial charge in [0.15, 0.2) is 0 Å². The van der Waals surface area contributed by atoms with Crippen molar-refractivity contribution in [1.82, 2.24) is 31.3 Å². The first-order chi connectivity index (χ1) is 39.0. The maximum atomic E-state index is 4.43. The van der Waals surface area contributed by atoms with Gasteiger partial charge in [-0.3, -0.25) is 36.3 Å². The van der Waals surface area contributed by atoms with E-state index in [2.05, 4.69) is 170 Å². The second-order valence-electron chi connectivity index (χ2n) is 22.4. The molecule has 2 aromatic carbocycles. The van der Waals surface area contributed by atoms with Crippen LogP contribution in [0.3, 0.4) is 0 Å². The molecule has 0 radical (unpaired) electrons. The summed E-state index contributed by atoms with van der Waals surface area (Å²) in [5.74, 6) is 1.87. The van der Waals surface area contributed by atoms with Crippen molar-refractivity contribution in [3.05, 3.63) is 158 Å². The molecule has 0 saturated carbocycles. The first-order valence-electron chi connectivity index (χ1n) is 30.0. The van der Waals surface area contributed by atoms with Gasteiger partial charge in [0, 0.05) is 132 Å². The molecule has 14 heteroatoms. The van der Waals surface area contributed by atoms with Gasteiger partial charge in [-0.05, 0) is 91.6 Å². The molecule has 0 fully saturated rings. The zero-order chi connectivity index (χ0) is 60.9. The molecule has 7 heterocycles. The predicted octanol–water partition coefficient (Wildman–Crippen LogP) is 17.0. The number of hydrazine groups is 1. The summed E-state index contributed by atoms with van der Waals surface area (Å²) in [6.45, 7) is 50.4. The number of rotatable bonds is 16. The Kier molecular flexibility index (Phi) is 30.6. The zero-order valence-electron chi connectivity index (χ0n) is 53.3. The van der Waals surface area contributed by atoms with E-state index in [-0.39, 0.29) is 0 Å². The summed E-state index contributed by atoms with van der Waals surface area (Å²) in [4.78, 5) is 0. The third-order valence-corrected chi connectivity index (χ3v) is 15.4. The van der Waals surface area contributed by atoms with Crippen molar-refractivity contribution in [2.45, 2.75) is 179 Å². The SMILES string of the molecule is C=C1C(C)C(C)=NN1C.C=C1C(CCCCCCCC)C(C)=NN1C.C=C1C=C(C)N(C)N1c1ccccc1.C=C1CC(C)=NN1.C=C1CC(C)=NN1c1ccccc1.C=C1NN=C(C)C1C.C=C1NN=C(C)C1CCCCCCCC. The van der Waals surface area contributed by atoms with Crippen molar-refractivity contribution < 1.29 is 0 Å². The van der Waals surface area contributed by atoms with E-state index in [1.165, 1.54) is 113 Å². The molecular weight excluding hydrogens is 1010 g/mol.